The van der Waals surface area contributed by atoms with Crippen molar-refractivity contribution in [2.75, 3.05) is 13.1 Å². The second-order valence-electron chi connectivity index (χ2n) is 5.98. The van der Waals surface area contributed by atoms with Crippen LogP contribution >= 0.6 is 22.6 Å². The molecule has 0 bridgehead atoms. The topological polar surface area (TPSA) is 15.3 Å². The molecule has 2 rings (SSSR count). The van der Waals surface area contributed by atoms with Gasteiger partial charge in [0, 0.05) is 28.2 Å². The van der Waals surface area contributed by atoms with E-state index in [4.69, 9.17) is 0 Å². The van der Waals surface area contributed by atoms with Gasteiger partial charge < -0.3 is 5.32 Å². The van der Waals surface area contributed by atoms with Gasteiger partial charge in [-0.15, -0.1) is 0 Å². The fraction of sp³-hybridized carbons (Fsp3) is 0.600. The summed E-state index contributed by atoms with van der Waals surface area (Å²) in [6, 6.07) is 9.54. The Morgan fingerprint density at radius 2 is 2.00 bits per heavy atom. The Labute approximate surface area is 124 Å². The highest BCUT2D eigenvalue weighted by atomic mass is 127. The van der Waals surface area contributed by atoms with Gasteiger partial charge in [0.15, 0.2) is 0 Å². The van der Waals surface area contributed by atoms with E-state index in [2.05, 4.69) is 77.8 Å². The summed E-state index contributed by atoms with van der Waals surface area (Å²) in [7, 11) is 0. The molecule has 1 N–H and O–H groups in total. The maximum atomic E-state index is 3.63. The molecule has 1 aliphatic heterocycles. The highest BCUT2D eigenvalue weighted by Crippen LogP contribution is 2.19. The molecule has 2 nitrogen and oxygen atoms in total. The van der Waals surface area contributed by atoms with E-state index in [0.29, 0.717) is 6.04 Å². The summed E-state index contributed by atoms with van der Waals surface area (Å²) in [5.41, 5.74) is 1.63. The lowest BCUT2D eigenvalue weighted by Gasteiger charge is -2.33. The first-order chi connectivity index (χ1) is 8.46. The lowest BCUT2D eigenvalue weighted by atomic mass is 10.0. The van der Waals surface area contributed by atoms with E-state index in [1.165, 1.54) is 15.6 Å². The molecule has 100 valence electrons. The second kappa shape index (κ2) is 5.88. The van der Waals surface area contributed by atoms with Gasteiger partial charge in [0.05, 0.1) is 0 Å². The summed E-state index contributed by atoms with van der Waals surface area (Å²) in [6.45, 7) is 10.2. The van der Waals surface area contributed by atoms with E-state index in [-0.39, 0.29) is 5.54 Å². The molecule has 0 aliphatic carbocycles. The molecule has 0 spiro atoms. The Hall–Kier alpha value is -0.130. The molecule has 0 amide bonds. The highest BCUT2D eigenvalue weighted by Gasteiger charge is 2.27. The number of rotatable bonds is 2. The van der Waals surface area contributed by atoms with Crippen LogP contribution in [0.25, 0.3) is 0 Å². The van der Waals surface area contributed by atoms with Crippen LogP contribution in [0, 0.1) is 3.57 Å². The van der Waals surface area contributed by atoms with Gasteiger partial charge in [-0.1, -0.05) is 12.1 Å². The van der Waals surface area contributed by atoms with Crippen LogP contribution in [0.3, 0.4) is 0 Å². The zero-order valence-electron chi connectivity index (χ0n) is 11.5. The predicted molar refractivity (Wildman–Crippen MR) is 85.7 cm³/mol. The molecule has 0 saturated carbocycles. The third-order valence-electron chi connectivity index (χ3n) is 3.69. The van der Waals surface area contributed by atoms with Crippen molar-refractivity contribution >= 4 is 22.6 Å². The predicted octanol–water partition coefficient (Wildman–Crippen LogP) is 3.25. The molecule has 0 radical (unpaired) electrons. The molecule has 1 unspecified atom stereocenters. The number of hydrogen-bond donors (Lipinski definition) is 1. The number of halogens is 1. The standard InChI is InChI=1S/C15H23IN2/c1-12-8-9-17-15(2,3)11-18(12)10-13-4-6-14(16)7-5-13/h4-7,12,17H,8-11H2,1-3H3. The summed E-state index contributed by atoms with van der Waals surface area (Å²) in [6.07, 6.45) is 1.23. The van der Waals surface area contributed by atoms with Crippen LogP contribution in [0.1, 0.15) is 32.8 Å². The van der Waals surface area contributed by atoms with Crippen molar-refractivity contribution in [3.63, 3.8) is 0 Å². The van der Waals surface area contributed by atoms with Crippen molar-refractivity contribution in [3.05, 3.63) is 33.4 Å². The van der Waals surface area contributed by atoms with E-state index in [1.807, 2.05) is 0 Å². The average Bonchev–Trinajstić information content (AvgIpc) is 2.42. The molecule has 1 fully saturated rings. The molecule has 1 aliphatic rings. The Morgan fingerprint density at radius 3 is 2.67 bits per heavy atom. The fourth-order valence-electron chi connectivity index (χ4n) is 2.56. The van der Waals surface area contributed by atoms with E-state index in [9.17, 15) is 0 Å². The second-order valence-corrected chi connectivity index (χ2v) is 7.23. The number of nitrogens with zero attached hydrogens (tertiary/aromatic N) is 1. The van der Waals surface area contributed by atoms with Crippen molar-refractivity contribution in [2.45, 2.75) is 45.3 Å². The van der Waals surface area contributed by atoms with Gasteiger partial charge in [-0.25, -0.2) is 0 Å². The van der Waals surface area contributed by atoms with Crippen molar-refractivity contribution in [2.24, 2.45) is 0 Å². The highest BCUT2D eigenvalue weighted by molar-refractivity contribution is 14.1. The van der Waals surface area contributed by atoms with Crippen molar-refractivity contribution in [1.82, 2.24) is 10.2 Å². The average molecular weight is 358 g/mol. The lowest BCUT2D eigenvalue weighted by Crippen LogP contribution is -2.47. The molecule has 3 heteroatoms. The Kier molecular flexibility index (Phi) is 4.67. The smallest absolute Gasteiger partial charge is 0.0252 e. The Balaban J connectivity index is 2.07. The van der Waals surface area contributed by atoms with Crippen LogP contribution in [0.15, 0.2) is 24.3 Å². The van der Waals surface area contributed by atoms with E-state index in [1.54, 1.807) is 0 Å². The molecule has 1 heterocycles. The number of benzene rings is 1. The van der Waals surface area contributed by atoms with Crippen LogP contribution in [0.2, 0.25) is 0 Å². The van der Waals surface area contributed by atoms with Gasteiger partial charge in [0.25, 0.3) is 0 Å². The number of hydrogen-bond acceptors (Lipinski definition) is 2. The van der Waals surface area contributed by atoms with Gasteiger partial charge in [-0.3, -0.25) is 4.90 Å². The van der Waals surface area contributed by atoms with Gasteiger partial charge >= 0.3 is 0 Å². The monoisotopic (exact) mass is 358 g/mol. The fourth-order valence-corrected chi connectivity index (χ4v) is 2.92. The van der Waals surface area contributed by atoms with E-state index >= 15 is 0 Å². The minimum atomic E-state index is 0.216. The zero-order chi connectivity index (χ0) is 13.2. The normalized spacial score (nSPS) is 24.8. The summed E-state index contributed by atoms with van der Waals surface area (Å²) in [5, 5.41) is 3.63. The van der Waals surface area contributed by atoms with Crippen molar-refractivity contribution in [3.8, 4) is 0 Å². The largest absolute Gasteiger partial charge is 0.310 e. The molecule has 1 atom stereocenters. The third-order valence-corrected chi connectivity index (χ3v) is 4.41. The zero-order valence-corrected chi connectivity index (χ0v) is 13.7. The molecular weight excluding hydrogens is 335 g/mol. The maximum Gasteiger partial charge on any atom is 0.0252 e. The lowest BCUT2D eigenvalue weighted by molar-refractivity contribution is 0.173. The molecule has 18 heavy (non-hydrogen) atoms. The first-order valence-corrected chi connectivity index (χ1v) is 7.78. The maximum absolute atomic E-state index is 3.63. The summed E-state index contributed by atoms with van der Waals surface area (Å²) in [4.78, 5) is 2.60. The van der Waals surface area contributed by atoms with Crippen molar-refractivity contribution in [1.29, 1.82) is 0 Å². The van der Waals surface area contributed by atoms with Gasteiger partial charge in [-0.2, -0.15) is 0 Å². The summed E-state index contributed by atoms with van der Waals surface area (Å²) >= 11 is 2.36. The minimum absolute atomic E-state index is 0.216. The first kappa shape index (κ1) is 14.3. The van der Waals surface area contributed by atoms with Gasteiger partial charge in [0.1, 0.15) is 0 Å². The van der Waals surface area contributed by atoms with Crippen molar-refractivity contribution < 1.29 is 0 Å². The third kappa shape index (κ3) is 3.93. The molecule has 1 aromatic carbocycles. The Morgan fingerprint density at radius 1 is 1.33 bits per heavy atom. The molecule has 1 saturated heterocycles. The Bertz CT molecular complexity index is 386. The first-order valence-electron chi connectivity index (χ1n) is 6.70. The van der Waals surface area contributed by atoms with E-state index in [0.717, 1.165) is 19.6 Å². The van der Waals surface area contributed by atoms with Crippen LogP contribution in [-0.4, -0.2) is 29.6 Å². The van der Waals surface area contributed by atoms with E-state index < -0.39 is 0 Å². The summed E-state index contributed by atoms with van der Waals surface area (Å²) in [5.74, 6) is 0. The van der Waals surface area contributed by atoms with Crippen LogP contribution in [0.5, 0.6) is 0 Å². The van der Waals surface area contributed by atoms with Crippen LogP contribution < -0.4 is 5.32 Å². The van der Waals surface area contributed by atoms with Gasteiger partial charge in [0.2, 0.25) is 0 Å². The molecule has 0 aromatic heterocycles. The van der Waals surface area contributed by atoms with Gasteiger partial charge in [-0.05, 0) is 74.0 Å². The SMILES string of the molecule is CC1CCNC(C)(C)CN1Cc1ccc(I)cc1. The number of nitrogens with one attached hydrogen (secondary N) is 1. The summed E-state index contributed by atoms with van der Waals surface area (Å²) < 4.78 is 1.31. The molecule has 1 aromatic rings. The molecular formula is C15H23IN2. The van der Waals surface area contributed by atoms with Crippen LogP contribution in [-0.2, 0) is 6.54 Å². The minimum Gasteiger partial charge on any atom is -0.310 e. The van der Waals surface area contributed by atoms with Crippen LogP contribution in [0.4, 0.5) is 0 Å². The quantitative estimate of drug-likeness (QED) is 0.817.